The molecule has 0 aliphatic heterocycles. The van der Waals surface area contributed by atoms with Gasteiger partial charge in [-0.2, -0.15) is 0 Å². The third kappa shape index (κ3) is 2.16. The van der Waals surface area contributed by atoms with Crippen molar-refractivity contribution in [2.45, 2.75) is 44.6 Å². The fourth-order valence-electron chi connectivity index (χ4n) is 2.37. The number of rotatable bonds is 2. The van der Waals surface area contributed by atoms with Gasteiger partial charge in [0.2, 0.25) is 0 Å². The summed E-state index contributed by atoms with van der Waals surface area (Å²) < 4.78 is 0. The molecule has 1 aliphatic rings. The summed E-state index contributed by atoms with van der Waals surface area (Å²) in [6.07, 6.45) is 6.06. The van der Waals surface area contributed by atoms with Crippen LogP contribution < -0.4 is 5.73 Å². The zero-order valence-electron chi connectivity index (χ0n) is 8.92. The van der Waals surface area contributed by atoms with Gasteiger partial charge in [-0.05, 0) is 31.7 Å². The van der Waals surface area contributed by atoms with E-state index in [1.54, 1.807) is 0 Å². The van der Waals surface area contributed by atoms with Gasteiger partial charge in [0.1, 0.15) is 0 Å². The van der Waals surface area contributed by atoms with Gasteiger partial charge in [-0.25, -0.2) is 0 Å². The monoisotopic (exact) mass is 189 g/mol. The molecule has 1 nitrogen and oxygen atoms in total. The molecule has 14 heavy (non-hydrogen) atoms. The van der Waals surface area contributed by atoms with Crippen molar-refractivity contribution >= 4 is 0 Å². The van der Waals surface area contributed by atoms with Crippen LogP contribution in [0, 0.1) is 6.92 Å². The van der Waals surface area contributed by atoms with E-state index in [-0.39, 0.29) is 5.54 Å². The van der Waals surface area contributed by atoms with Gasteiger partial charge in [-0.1, -0.05) is 42.7 Å². The SMILES string of the molecule is Cc1ccc(CC2(N)CCCC2)cc1. The van der Waals surface area contributed by atoms with Crippen molar-refractivity contribution in [3.63, 3.8) is 0 Å². The number of hydrogen-bond acceptors (Lipinski definition) is 1. The van der Waals surface area contributed by atoms with E-state index in [0.29, 0.717) is 0 Å². The Morgan fingerprint density at radius 2 is 1.71 bits per heavy atom. The van der Waals surface area contributed by atoms with Crippen LogP contribution in [0.5, 0.6) is 0 Å². The Bertz CT molecular complexity index is 294. The van der Waals surface area contributed by atoms with Gasteiger partial charge < -0.3 is 5.73 Å². The molecule has 1 saturated carbocycles. The Morgan fingerprint density at radius 1 is 1.14 bits per heavy atom. The summed E-state index contributed by atoms with van der Waals surface area (Å²) >= 11 is 0. The van der Waals surface area contributed by atoms with E-state index in [1.807, 2.05) is 0 Å². The molecule has 1 heteroatoms. The number of nitrogens with two attached hydrogens (primary N) is 1. The van der Waals surface area contributed by atoms with Crippen molar-refractivity contribution in [1.29, 1.82) is 0 Å². The first kappa shape index (κ1) is 9.72. The first-order chi connectivity index (χ1) is 6.68. The molecule has 0 radical (unpaired) electrons. The second-order valence-electron chi connectivity index (χ2n) is 4.73. The van der Waals surface area contributed by atoms with Crippen LogP contribution in [0.15, 0.2) is 24.3 Å². The Morgan fingerprint density at radius 3 is 2.29 bits per heavy atom. The molecule has 0 bridgehead atoms. The predicted molar refractivity (Wildman–Crippen MR) is 60.3 cm³/mol. The van der Waals surface area contributed by atoms with Crippen LogP contribution >= 0.6 is 0 Å². The largest absolute Gasteiger partial charge is 0.325 e. The lowest BCUT2D eigenvalue weighted by Crippen LogP contribution is -2.38. The van der Waals surface area contributed by atoms with Gasteiger partial charge >= 0.3 is 0 Å². The summed E-state index contributed by atoms with van der Waals surface area (Å²) in [5, 5.41) is 0. The molecular weight excluding hydrogens is 170 g/mol. The van der Waals surface area contributed by atoms with Crippen molar-refractivity contribution in [3.05, 3.63) is 35.4 Å². The second kappa shape index (κ2) is 3.74. The molecule has 0 atom stereocenters. The Balaban J connectivity index is 2.06. The smallest absolute Gasteiger partial charge is 0.0195 e. The van der Waals surface area contributed by atoms with Crippen molar-refractivity contribution in [3.8, 4) is 0 Å². The average molecular weight is 189 g/mol. The second-order valence-corrected chi connectivity index (χ2v) is 4.73. The summed E-state index contributed by atoms with van der Waals surface area (Å²) in [6, 6.07) is 8.77. The fourth-order valence-corrected chi connectivity index (χ4v) is 2.37. The lowest BCUT2D eigenvalue weighted by molar-refractivity contribution is 0.436. The fraction of sp³-hybridized carbons (Fsp3) is 0.538. The quantitative estimate of drug-likeness (QED) is 0.760. The maximum atomic E-state index is 6.33. The normalized spacial score (nSPS) is 19.9. The van der Waals surface area contributed by atoms with E-state index < -0.39 is 0 Å². The standard InChI is InChI=1S/C13H19N/c1-11-4-6-12(7-5-11)10-13(14)8-2-3-9-13/h4-7H,2-3,8-10,14H2,1H3. The molecule has 76 valence electrons. The molecule has 1 aromatic rings. The molecule has 2 rings (SSSR count). The first-order valence-electron chi connectivity index (χ1n) is 5.52. The van der Waals surface area contributed by atoms with Crippen LogP contribution in [0.2, 0.25) is 0 Å². The molecule has 1 fully saturated rings. The highest BCUT2D eigenvalue weighted by Crippen LogP contribution is 2.30. The lowest BCUT2D eigenvalue weighted by Gasteiger charge is -2.23. The van der Waals surface area contributed by atoms with Gasteiger partial charge in [0.05, 0.1) is 0 Å². The van der Waals surface area contributed by atoms with E-state index in [4.69, 9.17) is 5.73 Å². The molecule has 0 spiro atoms. The molecule has 0 amide bonds. The molecule has 0 saturated heterocycles. The molecule has 0 heterocycles. The zero-order chi connectivity index (χ0) is 10.0. The van der Waals surface area contributed by atoms with Crippen molar-refractivity contribution in [1.82, 2.24) is 0 Å². The van der Waals surface area contributed by atoms with Crippen molar-refractivity contribution in [2.24, 2.45) is 5.73 Å². The zero-order valence-corrected chi connectivity index (χ0v) is 8.92. The number of aryl methyl sites for hydroxylation is 1. The van der Waals surface area contributed by atoms with Gasteiger partial charge in [0.25, 0.3) is 0 Å². The maximum Gasteiger partial charge on any atom is 0.0195 e. The average Bonchev–Trinajstić information content (AvgIpc) is 2.57. The van der Waals surface area contributed by atoms with Gasteiger partial charge in [0.15, 0.2) is 0 Å². The highest BCUT2D eigenvalue weighted by Gasteiger charge is 2.28. The summed E-state index contributed by atoms with van der Waals surface area (Å²) in [7, 11) is 0. The predicted octanol–water partition coefficient (Wildman–Crippen LogP) is 2.81. The van der Waals surface area contributed by atoms with Crippen LogP contribution in [0.25, 0.3) is 0 Å². The summed E-state index contributed by atoms with van der Waals surface area (Å²) in [4.78, 5) is 0. The summed E-state index contributed by atoms with van der Waals surface area (Å²) in [5.74, 6) is 0. The first-order valence-corrected chi connectivity index (χ1v) is 5.52. The maximum absolute atomic E-state index is 6.33. The highest BCUT2D eigenvalue weighted by atomic mass is 14.7. The van der Waals surface area contributed by atoms with Crippen LogP contribution in [-0.4, -0.2) is 5.54 Å². The third-order valence-electron chi connectivity index (χ3n) is 3.28. The Kier molecular flexibility index (Phi) is 2.60. The van der Waals surface area contributed by atoms with E-state index in [9.17, 15) is 0 Å². The minimum atomic E-state index is 0.0925. The molecule has 2 N–H and O–H groups in total. The summed E-state index contributed by atoms with van der Waals surface area (Å²) in [6.45, 7) is 2.12. The van der Waals surface area contributed by atoms with E-state index in [0.717, 1.165) is 6.42 Å². The lowest BCUT2D eigenvalue weighted by atomic mass is 9.90. The summed E-state index contributed by atoms with van der Waals surface area (Å²) in [5.41, 5.74) is 9.14. The molecule has 1 aliphatic carbocycles. The minimum absolute atomic E-state index is 0.0925. The van der Waals surface area contributed by atoms with Crippen molar-refractivity contribution < 1.29 is 0 Å². The Labute approximate surface area is 86.3 Å². The highest BCUT2D eigenvalue weighted by molar-refractivity contribution is 5.23. The Hall–Kier alpha value is -0.820. The van der Waals surface area contributed by atoms with Crippen molar-refractivity contribution in [2.75, 3.05) is 0 Å². The molecule has 0 aromatic heterocycles. The van der Waals surface area contributed by atoms with Gasteiger partial charge in [-0.3, -0.25) is 0 Å². The van der Waals surface area contributed by atoms with E-state index in [1.165, 1.54) is 36.8 Å². The molecule has 1 aromatic carbocycles. The minimum Gasteiger partial charge on any atom is -0.325 e. The van der Waals surface area contributed by atoms with E-state index in [2.05, 4.69) is 31.2 Å². The van der Waals surface area contributed by atoms with Gasteiger partial charge in [0, 0.05) is 5.54 Å². The van der Waals surface area contributed by atoms with E-state index >= 15 is 0 Å². The van der Waals surface area contributed by atoms with Crippen LogP contribution in [-0.2, 0) is 6.42 Å². The van der Waals surface area contributed by atoms with Crippen LogP contribution in [0.1, 0.15) is 36.8 Å². The number of hydrogen-bond donors (Lipinski definition) is 1. The molecule has 0 unspecified atom stereocenters. The molecular formula is C13H19N. The van der Waals surface area contributed by atoms with Gasteiger partial charge in [-0.15, -0.1) is 0 Å². The third-order valence-corrected chi connectivity index (χ3v) is 3.28. The number of benzene rings is 1. The van der Waals surface area contributed by atoms with Crippen LogP contribution in [0.4, 0.5) is 0 Å². The topological polar surface area (TPSA) is 26.0 Å². The van der Waals surface area contributed by atoms with Crippen LogP contribution in [0.3, 0.4) is 0 Å².